The van der Waals surface area contributed by atoms with Crippen molar-refractivity contribution in [2.75, 3.05) is 26.7 Å². The number of carbonyl (C=O) groups is 2. The first kappa shape index (κ1) is 15.8. The van der Waals surface area contributed by atoms with Gasteiger partial charge < -0.3 is 10.2 Å². The Balaban J connectivity index is 1.43. The number of carbonyl (C=O) groups excluding carboxylic acids is 2. The van der Waals surface area contributed by atoms with Gasteiger partial charge >= 0.3 is 0 Å². The summed E-state index contributed by atoms with van der Waals surface area (Å²) in [4.78, 5) is 28.8. The molecule has 2 atom stereocenters. The molecule has 5 heteroatoms. The van der Waals surface area contributed by atoms with Crippen LogP contribution in [0.15, 0.2) is 0 Å². The largest absolute Gasteiger partial charge is 0.354 e. The fourth-order valence-corrected chi connectivity index (χ4v) is 3.36. The molecule has 1 N–H and O–H groups in total. The van der Waals surface area contributed by atoms with E-state index < -0.39 is 0 Å². The van der Waals surface area contributed by atoms with E-state index in [0.717, 1.165) is 32.2 Å². The highest BCUT2D eigenvalue weighted by molar-refractivity contribution is 5.83. The molecular formula is C17H29N3O2. The predicted molar refractivity (Wildman–Crippen MR) is 85.3 cm³/mol. The van der Waals surface area contributed by atoms with E-state index in [-0.39, 0.29) is 23.7 Å². The molecule has 2 amide bonds. The fraction of sp³-hybridized carbons (Fsp3) is 0.882. The smallest absolute Gasteiger partial charge is 0.225 e. The van der Waals surface area contributed by atoms with Crippen molar-refractivity contribution < 1.29 is 9.59 Å². The van der Waals surface area contributed by atoms with Gasteiger partial charge in [0, 0.05) is 37.6 Å². The lowest BCUT2D eigenvalue weighted by Crippen LogP contribution is -2.48. The lowest BCUT2D eigenvalue weighted by Gasteiger charge is -2.33. The summed E-state index contributed by atoms with van der Waals surface area (Å²) in [5, 5.41) is 3.10. The summed E-state index contributed by atoms with van der Waals surface area (Å²) >= 11 is 0. The number of hydrogen-bond donors (Lipinski definition) is 1. The molecule has 5 nitrogen and oxygen atoms in total. The Morgan fingerprint density at radius 3 is 2.55 bits per heavy atom. The molecule has 0 spiro atoms. The molecule has 3 rings (SSSR count). The number of rotatable bonds is 6. The van der Waals surface area contributed by atoms with Crippen molar-refractivity contribution in [2.24, 2.45) is 11.8 Å². The van der Waals surface area contributed by atoms with Gasteiger partial charge in [0.2, 0.25) is 11.8 Å². The molecule has 3 fully saturated rings. The Bertz CT molecular complexity index is 432. The van der Waals surface area contributed by atoms with Crippen molar-refractivity contribution in [3.05, 3.63) is 0 Å². The highest BCUT2D eigenvalue weighted by Gasteiger charge is 2.37. The second-order valence-electron chi connectivity index (χ2n) is 7.39. The Labute approximate surface area is 133 Å². The van der Waals surface area contributed by atoms with Crippen LogP contribution in [0.3, 0.4) is 0 Å². The van der Waals surface area contributed by atoms with Crippen LogP contribution in [0.25, 0.3) is 0 Å². The lowest BCUT2D eigenvalue weighted by atomic mass is 9.96. The summed E-state index contributed by atoms with van der Waals surface area (Å²) in [5.74, 6) is 0.646. The van der Waals surface area contributed by atoms with Gasteiger partial charge in [0.15, 0.2) is 0 Å². The molecule has 1 saturated heterocycles. The number of nitrogens with zero attached hydrogens (tertiary/aromatic N) is 2. The molecule has 2 saturated carbocycles. The first-order valence-electron chi connectivity index (χ1n) is 8.84. The molecule has 1 heterocycles. The maximum absolute atomic E-state index is 12.4. The minimum atomic E-state index is -0.0186. The van der Waals surface area contributed by atoms with Crippen molar-refractivity contribution in [3.8, 4) is 0 Å². The van der Waals surface area contributed by atoms with Crippen LogP contribution in [0, 0.1) is 11.8 Å². The van der Waals surface area contributed by atoms with Crippen LogP contribution in [0.4, 0.5) is 0 Å². The van der Waals surface area contributed by atoms with Crippen LogP contribution in [-0.4, -0.2) is 60.4 Å². The van der Waals surface area contributed by atoms with Crippen molar-refractivity contribution in [1.29, 1.82) is 0 Å². The van der Waals surface area contributed by atoms with Crippen LogP contribution < -0.4 is 5.32 Å². The second kappa shape index (κ2) is 6.57. The summed E-state index contributed by atoms with van der Waals surface area (Å²) in [6.45, 7) is 4.33. The maximum atomic E-state index is 12.4. The number of hydrogen-bond acceptors (Lipinski definition) is 3. The molecule has 3 aliphatic rings. The normalized spacial score (nSPS) is 26.9. The van der Waals surface area contributed by atoms with Crippen LogP contribution in [0.2, 0.25) is 0 Å². The molecule has 0 bridgehead atoms. The van der Waals surface area contributed by atoms with Gasteiger partial charge in [0.1, 0.15) is 0 Å². The predicted octanol–water partition coefficient (Wildman–Crippen LogP) is 1.23. The zero-order chi connectivity index (χ0) is 15.7. The number of piperidine rings is 1. The zero-order valence-corrected chi connectivity index (χ0v) is 13.9. The molecule has 0 aromatic heterocycles. The molecule has 0 aromatic carbocycles. The first-order valence-corrected chi connectivity index (χ1v) is 8.84. The standard InChI is InChI=1S/C17H29N3O2/c1-12(19(2)15-7-8-15)10-18-16(21)14-4-3-9-20(11-14)17(22)13-5-6-13/h12-15H,3-11H2,1-2H3,(H,18,21)/t12-,14-/m1/s1. The van der Waals surface area contributed by atoms with Crippen LogP contribution in [-0.2, 0) is 9.59 Å². The molecule has 0 unspecified atom stereocenters. The average molecular weight is 307 g/mol. The van der Waals surface area contributed by atoms with Gasteiger partial charge in [-0.25, -0.2) is 0 Å². The third-order valence-electron chi connectivity index (χ3n) is 5.42. The quantitative estimate of drug-likeness (QED) is 0.803. The Morgan fingerprint density at radius 1 is 1.18 bits per heavy atom. The maximum Gasteiger partial charge on any atom is 0.225 e. The van der Waals surface area contributed by atoms with Gasteiger partial charge in [-0.3, -0.25) is 14.5 Å². The van der Waals surface area contributed by atoms with Gasteiger partial charge in [0.05, 0.1) is 5.92 Å². The van der Waals surface area contributed by atoms with E-state index in [0.29, 0.717) is 25.2 Å². The summed E-state index contributed by atoms with van der Waals surface area (Å²) in [6, 6.07) is 1.09. The van der Waals surface area contributed by atoms with E-state index in [1.807, 2.05) is 4.90 Å². The SMILES string of the molecule is C[C@H](CNC(=O)[C@@H]1CCCN(C(=O)C2CC2)C1)N(C)C1CC1. The van der Waals surface area contributed by atoms with Crippen molar-refractivity contribution >= 4 is 11.8 Å². The highest BCUT2D eigenvalue weighted by atomic mass is 16.2. The number of nitrogens with one attached hydrogen (secondary N) is 1. The van der Waals surface area contributed by atoms with E-state index in [1.165, 1.54) is 12.8 Å². The summed E-state index contributed by atoms with van der Waals surface area (Å²) < 4.78 is 0. The minimum absolute atomic E-state index is 0.0186. The van der Waals surface area contributed by atoms with Crippen molar-refractivity contribution in [1.82, 2.24) is 15.1 Å². The molecule has 0 aromatic rings. The number of likely N-dealkylation sites (tertiary alicyclic amines) is 1. The van der Waals surface area contributed by atoms with Crippen molar-refractivity contribution in [2.45, 2.75) is 57.5 Å². The Kier molecular flexibility index (Phi) is 4.71. The van der Waals surface area contributed by atoms with Crippen molar-refractivity contribution in [3.63, 3.8) is 0 Å². The minimum Gasteiger partial charge on any atom is -0.354 e. The number of amides is 2. The summed E-state index contributed by atoms with van der Waals surface area (Å²) in [5.41, 5.74) is 0. The Morgan fingerprint density at radius 2 is 1.91 bits per heavy atom. The number of likely N-dealkylation sites (N-methyl/N-ethyl adjacent to an activating group) is 1. The van der Waals surface area contributed by atoms with Gasteiger partial charge in [0.25, 0.3) is 0 Å². The van der Waals surface area contributed by atoms with E-state index in [1.54, 1.807) is 0 Å². The topological polar surface area (TPSA) is 52.7 Å². The van der Waals surface area contributed by atoms with E-state index in [2.05, 4.69) is 24.2 Å². The average Bonchev–Trinajstić information content (AvgIpc) is 3.42. The van der Waals surface area contributed by atoms with E-state index in [4.69, 9.17) is 0 Å². The van der Waals surface area contributed by atoms with Gasteiger partial charge in [-0.1, -0.05) is 0 Å². The molecular weight excluding hydrogens is 278 g/mol. The zero-order valence-electron chi connectivity index (χ0n) is 13.9. The third-order valence-corrected chi connectivity index (χ3v) is 5.42. The summed E-state index contributed by atoms with van der Waals surface area (Å²) in [7, 11) is 2.14. The third kappa shape index (κ3) is 3.80. The Hall–Kier alpha value is -1.10. The van der Waals surface area contributed by atoms with Crippen LogP contribution in [0.1, 0.15) is 45.4 Å². The van der Waals surface area contributed by atoms with Gasteiger partial charge in [-0.15, -0.1) is 0 Å². The van der Waals surface area contributed by atoms with Crippen LogP contribution >= 0.6 is 0 Å². The lowest BCUT2D eigenvalue weighted by molar-refractivity contribution is -0.136. The monoisotopic (exact) mass is 307 g/mol. The van der Waals surface area contributed by atoms with Crippen LogP contribution in [0.5, 0.6) is 0 Å². The molecule has 124 valence electrons. The first-order chi connectivity index (χ1) is 10.6. The highest BCUT2D eigenvalue weighted by Crippen LogP contribution is 2.32. The fourth-order valence-electron chi connectivity index (χ4n) is 3.36. The molecule has 2 aliphatic carbocycles. The van der Waals surface area contributed by atoms with E-state index >= 15 is 0 Å². The van der Waals surface area contributed by atoms with E-state index in [9.17, 15) is 9.59 Å². The van der Waals surface area contributed by atoms with Gasteiger partial charge in [-0.2, -0.15) is 0 Å². The molecule has 0 radical (unpaired) electrons. The molecule has 1 aliphatic heterocycles. The summed E-state index contributed by atoms with van der Waals surface area (Å²) in [6.07, 6.45) is 6.51. The second-order valence-corrected chi connectivity index (χ2v) is 7.39. The van der Waals surface area contributed by atoms with Gasteiger partial charge in [-0.05, 0) is 52.5 Å². The molecule has 22 heavy (non-hydrogen) atoms.